The second-order valence-corrected chi connectivity index (χ2v) is 7.06. The van der Waals surface area contributed by atoms with Crippen LogP contribution in [-0.2, 0) is 11.3 Å². The van der Waals surface area contributed by atoms with Crippen molar-refractivity contribution in [3.8, 4) is 0 Å². The van der Waals surface area contributed by atoms with Gasteiger partial charge in [0, 0.05) is 23.7 Å². The van der Waals surface area contributed by atoms with Gasteiger partial charge in [-0.15, -0.1) is 10.2 Å². The molecule has 1 aromatic carbocycles. The first-order valence-corrected chi connectivity index (χ1v) is 9.37. The average Bonchev–Trinajstić information content (AvgIpc) is 2.97. The number of carbonyl (C=O) groups is 2. The van der Waals surface area contributed by atoms with Crippen LogP contribution in [0.5, 0.6) is 0 Å². The lowest BCUT2D eigenvalue weighted by Crippen LogP contribution is -2.15. The number of carbonyl (C=O) groups excluding carboxylic acids is 2. The van der Waals surface area contributed by atoms with Crippen LogP contribution in [0.2, 0.25) is 0 Å². The van der Waals surface area contributed by atoms with E-state index in [1.165, 1.54) is 18.7 Å². The van der Waals surface area contributed by atoms with Gasteiger partial charge in [-0.1, -0.05) is 32.5 Å². The highest BCUT2D eigenvalue weighted by molar-refractivity contribution is 7.99. The van der Waals surface area contributed by atoms with E-state index < -0.39 is 0 Å². The number of hydrogen-bond donors (Lipinski definition) is 1. The summed E-state index contributed by atoms with van der Waals surface area (Å²) in [5.41, 5.74) is 1.30. The summed E-state index contributed by atoms with van der Waals surface area (Å²) in [4.78, 5) is 23.4. The zero-order valence-electron chi connectivity index (χ0n) is 15.1. The molecule has 0 bridgehead atoms. The highest BCUT2D eigenvalue weighted by Gasteiger charge is 2.16. The smallest absolute Gasteiger partial charge is 0.234 e. The van der Waals surface area contributed by atoms with Crippen molar-refractivity contribution in [3.05, 3.63) is 35.7 Å². The van der Waals surface area contributed by atoms with Crippen LogP contribution >= 0.6 is 11.8 Å². The van der Waals surface area contributed by atoms with Crippen molar-refractivity contribution in [1.29, 1.82) is 0 Å². The lowest BCUT2D eigenvalue weighted by atomic mass is 10.1. The van der Waals surface area contributed by atoms with Crippen LogP contribution in [0, 0.1) is 0 Å². The van der Waals surface area contributed by atoms with E-state index >= 15 is 0 Å². The molecule has 0 radical (unpaired) electrons. The highest BCUT2D eigenvalue weighted by Crippen LogP contribution is 2.22. The van der Waals surface area contributed by atoms with Crippen molar-refractivity contribution in [1.82, 2.24) is 14.8 Å². The number of benzene rings is 1. The molecule has 2 rings (SSSR count). The van der Waals surface area contributed by atoms with E-state index in [9.17, 15) is 9.59 Å². The van der Waals surface area contributed by atoms with Crippen molar-refractivity contribution in [2.75, 3.05) is 11.1 Å². The number of amides is 1. The third-order valence-corrected chi connectivity index (χ3v) is 4.58. The summed E-state index contributed by atoms with van der Waals surface area (Å²) < 4.78 is 2.09. The average molecular weight is 360 g/mol. The molecule has 1 heterocycles. The Bertz CT molecular complexity index is 738. The van der Waals surface area contributed by atoms with Crippen molar-refractivity contribution in [2.24, 2.45) is 0 Å². The summed E-state index contributed by atoms with van der Waals surface area (Å²) in [5.74, 6) is 1.39. The van der Waals surface area contributed by atoms with Gasteiger partial charge in [0.2, 0.25) is 5.91 Å². The van der Waals surface area contributed by atoms with Gasteiger partial charge in [-0.05, 0) is 37.6 Å². The SMILES string of the molecule is CCCn1c(SCC(=O)Nc2ccc(C(C)=O)cc2)nnc1C(C)C. The molecule has 1 N–H and O–H groups in total. The third kappa shape index (κ3) is 5.16. The first kappa shape index (κ1) is 19.2. The normalized spacial score (nSPS) is 10.9. The van der Waals surface area contributed by atoms with Crippen LogP contribution in [0.3, 0.4) is 0 Å². The number of nitrogens with zero attached hydrogens (tertiary/aromatic N) is 3. The Kier molecular flexibility index (Phi) is 6.75. The summed E-state index contributed by atoms with van der Waals surface area (Å²) >= 11 is 1.38. The molecule has 25 heavy (non-hydrogen) atoms. The van der Waals surface area contributed by atoms with Crippen LogP contribution < -0.4 is 5.32 Å². The van der Waals surface area contributed by atoms with Gasteiger partial charge in [-0.25, -0.2) is 0 Å². The number of nitrogens with one attached hydrogen (secondary N) is 1. The van der Waals surface area contributed by atoms with E-state index in [2.05, 4.69) is 40.9 Å². The second kappa shape index (κ2) is 8.80. The molecule has 2 aromatic rings. The summed E-state index contributed by atoms with van der Waals surface area (Å²) in [6, 6.07) is 6.88. The molecule has 1 amide bonds. The number of rotatable bonds is 8. The van der Waals surface area contributed by atoms with E-state index in [4.69, 9.17) is 0 Å². The summed E-state index contributed by atoms with van der Waals surface area (Å²) in [6.07, 6.45) is 0.986. The third-order valence-electron chi connectivity index (χ3n) is 3.62. The van der Waals surface area contributed by atoms with Crippen molar-refractivity contribution in [3.63, 3.8) is 0 Å². The Morgan fingerprint density at radius 1 is 1.20 bits per heavy atom. The fraction of sp³-hybridized carbons (Fsp3) is 0.444. The standard InChI is InChI=1S/C18H24N4O2S/c1-5-10-22-17(12(2)3)20-21-18(22)25-11-16(24)19-15-8-6-14(7-9-15)13(4)23/h6-9,12H,5,10-11H2,1-4H3,(H,19,24). The summed E-state index contributed by atoms with van der Waals surface area (Å²) in [7, 11) is 0. The largest absolute Gasteiger partial charge is 0.325 e. The molecule has 1 aromatic heterocycles. The van der Waals surface area contributed by atoms with Crippen LogP contribution in [0.4, 0.5) is 5.69 Å². The van der Waals surface area contributed by atoms with Crippen LogP contribution in [-0.4, -0.2) is 32.2 Å². The van der Waals surface area contributed by atoms with Crippen molar-refractivity contribution < 1.29 is 9.59 Å². The van der Waals surface area contributed by atoms with Crippen molar-refractivity contribution in [2.45, 2.75) is 51.7 Å². The molecule has 134 valence electrons. The molecule has 0 unspecified atom stereocenters. The number of aromatic nitrogens is 3. The fourth-order valence-corrected chi connectivity index (χ4v) is 3.15. The van der Waals surface area contributed by atoms with Gasteiger partial charge in [0.25, 0.3) is 0 Å². The summed E-state index contributed by atoms with van der Waals surface area (Å²) in [6.45, 7) is 8.64. The van der Waals surface area contributed by atoms with E-state index in [0.29, 0.717) is 17.2 Å². The number of thioether (sulfide) groups is 1. The summed E-state index contributed by atoms with van der Waals surface area (Å²) in [5, 5.41) is 12.1. The first-order chi connectivity index (χ1) is 11.9. The second-order valence-electron chi connectivity index (χ2n) is 6.12. The molecule has 0 aliphatic carbocycles. The minimum Gasteiger partial charge on any atom is -0.325 e. The highest BCUT2D eigenvalue weighted by atomic mass is 32.2. The molecule has 0 saturated heterocycles. The number of ketones is 1. The first-order valence-electron chi connectivity index (χ1n) is 8.39. The molecule has 0 saturated carbocycles. The molecule has 0 spiro atoms. The molecule has 0 aliphatic rings. The molecular weight excluding hydrogens is 336 g/mol. The number of hydrogen-bond acceptors (Lipinski definition) is 5. The molecule has 6 nitrogen and oxygen atoms in total. The van der Waals surface area contributed by atoms with Crippen LogP contribution in [0.15, 0.2) is 29.4 Å². The number of Topliss-reactive ketones (excluding diaryl/α,β-unsaturated/α-hetero) is 1. The Hall–Kier alpha value is -2.15. The molecular formula is C18H24N4O2S. The Morgan fingerprint density at radius 3 is 2.44 bits per heavy atom. The van der Waals surface area contributed by atoms with Gasteiger partial charge in [0.1, 0.15) is 5.82 Å². The Morgan fingerprint density at radius 2 is 1.88 bits per heavy atom. The van der Waals surface area contributed by atoms with Gasteiger partial charge >= 0.3 is 0 Å². The Balaban J connectivity index is 1.96. The van der Waals surface area contributed by atoms with E-state index in [-0.39, 0.29) is 17.4 Å². The van der Waals surface area contributed by atoms with Gasteiger partial charge in [-0.2, -0.15) is 0 Å². The van der Waals surface area contributed by atoms with E-state index in [1.54, 1.807) is 24.3 Å². The zero-order chi connectivity index (χ0) is 18.4. The Labute approximate surface area is 152 Å². The lowest BCUT2D eigenvalue weighted by molar-refractivity contribution is -0.113. The maximum Gasteiger partial charge on any atom is 0.234 e. The fourth-order valence-electron chi connectivity index (χ4n) is 2.38. The molecule has 0 atom stereocenters. The minimum atomic E-state index is -0.113. The molecule has 0 fully saturated rings. The van der Waals surface area contributed by atoms with Gasteiger partial charge in [0.05, 0.1) is 5.75 Å². The lowest BCUT2D eigenvalue weighted by Gasteiger charge is -2.10. The molecule has 7 heteroatoms. The van der Waals surface area contributed by atoms with Crippen molar-refractivity contribution >= 4 is 29.1 Å². The van der Waals surface area contributed by atoms with Crippen LogP contribution in [0.25, 0.3) is 0 Å². The van der Waals surface area contributed by atoms with Gasteiger partial charge < -0.3 is 9.88 Å². The van der Waals surface area contributed by atoms with E-state index in [1.807, 2.05) is 0 Å². The topological polar surface area (TPSA) is 76.9 Å². The maximum atomic E-state index is 12.2. The van der Waals surface area contributed by atoms with Crippen LogP contribution in [0.1, 0.15) is 56.2 Å². The molecule has 0 aliphatic heterocycles. The predicted molar refractivity (Wildman–Crippen MR) is 100 cm³/mol. The maximum absolute atomic E-state index is 12.2. The van der Waals surface area contributed by atoms with E-state index in [0.717, 1.165) is 23.9 Å². The zero-order valence-corrected chi connectivity index (χ0v) is 15.9. The van der Waals surface area contributed by atoms with Gasteiger partial charge in [-0.3, -0.25) is 9.59 Å². The van der Waals surface area contributed by atoms with Gasteiger partial charge in [0.15, 0.2) is 10.9 Å². The quantitative estimate of drug-likeness (QED) is 0.573. The number of anilines is 1. The monoisotopic (exact) mass is 360 g/mol. The minimum absolute atomic E-state index is 0.00430. The predicted octanol–water partition coefficient (Wildman–Crippen LogP) is 3.74.